The van der Waals surface area contributed by atoms with E-state index in [2.05, 4.69) is 10.3 Å². The summed E-state index contributed by atoms with van der Waals surface area (Å²) in [6.45, 7) is 4.83. The molecule has 0 aliphatic heterocycles. The molecule has 5 heteroatoms. The lowest BCUT2D eigenvalue weighted by Crippen LogP contribution is -2.28. The lowest BCUT2D eigenvalue weighted by Gasteiger charge is -2.09. The summed E-state index contributed by atoms with van der Waals surface area (Å²) in [5, 5.41) is 3.62. The molecule has 5 nitrogen and oxygen atoms in total. The first-order chi connectivity index (χ1) is 9.58. The van der Waals surface area contributed by atoms with Gasteiger partial charge in [-0.1, -0.05) is 18.2 Å². The van der Waals surface area contributed by atoms with Crippen LogP contribution in [-0.2, 0) is 4.74 Å². The number of carbonyl (C=O) groups excluding carboxylic acids is 1. The van der Waals surface area contributed by atoms with E-state index in [0.717, 1.165) is 10.9 Å². The second kappa shape index (κ2) is 6.34. The maximum atomic E-state index is 12.0. The Labute approximate surface area is 118 Å². The summed E-state index contributed by atoms with van der Waals surface area (Å²) in [5.41, 5.74) is 7.54. The Bertz CT molecular complexity index is 611. The average Bonchev–Trinajstić information content (AvgIpc) is 2.43. The fraction of sp³-hybridized carbons (Fsp3) is 0.333. The Morgan fingerprint density at radius 2 is 2.15 bits per heavy atom. The first kappa shape index (κ1) is 14.3. The van der Waals surface area contributed by atoms with Crippen molar-refractivity contribution in [2.24, 2.45) is 0 Å². The molecule has 0 fully saturated rings. The summed E-state index contributed by atoms with van der Waals surface area (Å²) < 4.78 is 5.36. The van der Waals surface area contributed by atoms with E-state index >= 15 is 0 Å². The molecule has 1 aromatic heterocycles. The van der Waals surface area contributed by atoms with Gasteiger partial charge in [0.1, 0.15) is 5.69 Å². The number of anilines is 1. The van der Waals surface area contributed by atoms with Gasteiger partial charge in [-0.05, 0) is 26.0 Å². The number of nitrogens with two attached hydrogens (primary N) is 1. The number of pyridine rings is 1. The van der Waals surface area contributed by atoms with Gasteiger partial charge in [-0.2, -0.15) is 0 Å². The van der Waals surface area contributed by atoms with Gasteiger partial charge in [-0.15, -0.1) is 0 Å². The number of nitrogens with zero attached hydrogens (tertiary/aromatic N) is 1. The van der Waals surface area contributed by atoms with Crippen molar-refractivity contribution in [3.8, 4) is 0 Å². The molecular weight excluding hydrogens is 254 g/mol. The number of fused-ring (bicyclic) bond motifs is 1. The number of benzene rings is 1. The molecule has 0 saturated carbocycles. The third kappa shape index (κ3) is 3.45. The Morgan fingerprint density at radius 3 is 2.90 bits per heavy atom. The summed E-state index contributed by atoms with van der Waals surface area (Å²) in [7, 11) is 0. The zero-order valence-corrected chi connectivity index (χ0v) is 11.7. The normalized spacial score (nSPS) is 10.9. The largest absolute Gasteiger partial charge is 0.398 e. The summed E-state index contributed by atoms with van der Waals surface area (Å²) in [6, 6.07) is 9.08. The highest BCUT2D eigenvalue weighted by molar-refractivity contribution is 5.99. The molecule has 2 rings (SSSR count). The average molecular weight is 273 g/mol. The van der Waals surface area contributed by atoms with Crippen molar-refractivity contribution in [2.45, 2.75) is 20.0 Å². The lowest BCUT2D eigenvalue weighted by molar-refractivity contribution is 0.0745. The maximum absolute atomic E-state index is 12.0. The standard InChI is InChI=1S/C15H19N3O2/c1-10(2)20-8-7-17-15(19)14-9-12(16)11-5-3-4-6-13(11)18-14/h3-6,9-10H,7-8H2,1-2H3,(H2,16,18)(H,17,19). The first-order valence-corrected chi connectivity index (χ1v) is 6.63. The third-order valence-electron chi connectivity index (χ3n) is 2.82. The van der Waals surface area contributed by atoms with Crippen molar-refractivity contribution in [1.29, 1.82) is 0 Å². The van der Waals surface area contributed by atoms with Crippen LogP contribution in [0.4, 0.5) is 5.69 Å². The molecule has 0 aliphatic carbocycles. The molecule has 0 unspecified atom stereocenters. The van der Waals surface area contributed by atoms with Crippen LogP contribution in [-0.4, -0.2) is 30.1 Å². The molecule has 20 heavy (non-hydrogen) atoms. The van der Waals surface area contributed by atoms with Crippen molar-refractivity contribution in [2.75, 3.05) is 18.9 Å². The molecule has 1 amide bonds. The summed E-state index contributed by atoms with van der Waals surface area (Å²) in [4.78, 5) is 16.3. The van der Waals surface area contributed by atoms with Crippen molar-refractivity contribution >= 4 is 22.5 Å². The molecule has 2 aromatic rings. The number of hydrogen-bond donors (Lipinski definition) is 2. The van der Waals surface area contributed by atoms with E-state index in [4.69, 9.17) is 10.5 Å². The Hall–Kier alpha value is -2.14. The number of rotatable bonds is 5. The van der Waals surface area contributed by atoms with Crippen LogP contribution in [0.15, 0.2) is 30.3 Å². The zero-order chi connectivity index (χ0) is 14.5. The van der Waals surface area contributed by atoms with E-state index in [0.29, 0.717) is 24.5 Å². The van der Waals surface area contributed by atoms with Gasteiger partial charge in [0.25, 0.3) is 5.91 Å². The number of para-hydroxylation sites is 1. The second-order valence-electron chi connectivity index (χ2n) is 4.79. The van der Waals surface area contributed by atoms with E-state index in [1.165, 1.54) is 0 Å². The molecule has 0 aliphatic rings. The highest BCUT2D eigenvalue weighted by atomic mass is 16.5. The quantitative estimate of drug-likeness (QED) is 0.816. The van der Waals surface area contributed by atoms with Crippen LogP contribution in [0, 0.1) is 0 Å². The first-order valence-electron chi connectivity index (χ1n) is 6.63. The van der Waals surface area contributed by atoms with Gasteiger partial charge in [0.05, 0.1) is 18.2 Å². The summed E-state index contributed by atoms with van der Waals surface area (Å²) in [6.07, 6.45) is 0.154. The van der Waals surface area contributed by atoms with Gasteiger partial charge in [-0.3, -0.25) is 4.79 Å². The smallest absolute Gasteiger partial charge is 0.270 e. The molecule has 0 saturated heterocycles. The molecule has 0 spiro atoms. The molecule has 0 radical (unpaired) electrons. The minimum Gasteiger partial charge on any atom is -0.398 e. The van der Waals surface area contributed by atoms with Crippen LogP contribution in [0.1, 0.15) is 24.3 Å². The number of ether oxygens (including phenoxy) is 1. The minimum atomic E-state index is -0.241. The van der Waals surface area contributed by atoms with Gasteiger partial charge in [0.2, 0.25) is 0 Å². The topological polar surface area (TPSA) is 77.2 Å². The molecule has 1 aromatic carbocycles. The third-order valence-corrected chi connectivity index (χ3v) is 2.82. The van der Waals surface area contributed by atoms with Crippen molar-refractivity contribution < 1.29 is 9.53 Å². The predicted octanol–water partition coefficient (Wildman–Crippen LogP) is 1.97. The van der Waals surface area contributed by atoms with Crippen LogP contribution in [0.25, 0.3) is 10.9 Å². The number of aromatic nitrogens is 1. The van der Waals surface area contributed by atoms with Crippen LogP contribution in [0.2, 0.25) is 0 Å². The van der Waals surface area contributed by atoms with Crippen molar-refractivity contribution in [1.82, 2.24) is 10.3 Å². The van der Waals surface area contributed by atoms with Crippen LogP contribution < -0.4 is 11.1 Å². The van der Waals surface area contributed by atoms with Crippen molar-refractivity contribution in [3.05, 3.63) is 36.0 Å². The van der Waals surface area contributed by atoms with Gasteiger partial charge >= 0.3 is 0 Å². The fourth-order valence-electron chi connectivity index (χ4n) is 1.87. The molecular formula is C15H19N3O2. The number of hydrogen-bond acceptors (Lipinski definition) is 4. The van der Waals surface area contributed by atoms with E-state index in [-0.39, 0.29) is 12.0 Å². The van der Waals surface area contributed by atoms with E-state index in [9.17, 15) is 4.79 Å². The lowest BCUT2D eigenvalue weighted by atomic mass is 10.1. The molecule has 3 N–H and O–H groups in total. The van der Waals surface area contributed by atoms with E-state index < -0.39 is 0 Å². The monoisotopic (exact) mass is 273 g/mol. The Kier molecular flexibility index (Phi) is 4.53. The highest BCUT2D eigenvalue weighted by Gasteiger charge is 2.10. The molecule has 0 bridgehead atoms. The SMILES string of the molecule is CC(C)OCCNC(=O)c1cc(N)c2ccccc2n1. The fourth-order valence-corrected chi connectivity index (χ4v) is 1.87. The Balaban J connectivity index is 2.07. The van der Waals surface area contributed by atoms with E-state index in [1.807, 2.05) is 38.1 Å². The summed E-state index contributed by atoms with van der Waals surface area (Å²) >= 11 is 0. The van der Waals surface area contributed by atoms with Crippen molar-refractivity contribution in [3.63, 3.8) is 0 Å². The van der Waals surface area contributed by atoms with Gasteiger partial charge in [0, 0.05) is 17.6 Å². The minimum absolute atomic E-state index is 0.154. The molecule has 1 heterocycles. The summed E-state index contributed by atoms with van der Waals surface area (Å²) in [5.74, 6) is -0.241. The maximum Gasteiger partial charge on any atom is 0.270 e. The Morgan fingerprint density at radius 1 is 1.40 bits per heavy atom. The number of nitrogens with one attached hydrogen (secondary N) is 1. The van der Waals surface area contributed by atoms with Gasteiger partial charge in [-0.25, -0.2) is 4.98 Å². The van der Waals surface area contributed by atoms with Gasteiger partial charge in [0.15, 0.2) is 0 Å². The van der Waals surface area contributed by atoms with Crippen LogP contribution in [0.3, 0.4) is 0 Å². The predicted molar refractivity (Wildman–Crippen MR) is 79.6 cm³/mol. The number of amides is 1. The van der Waals surface area contributed by atoms with Gasteiger partial charge < -0.3 is 15.8 Å². The number of carbonyl (C=O) groups is 1. The second-order valence-corrected chi connectivity index (χ2v) is 4.79. The van der Waals surface area contributed by atoms with Crippen LogP contribution >= 0.6 is 0 Å². The molecule has 0 atom stereocenters. The highest BCUT2D eigenvalue weighted by Crippen LogP contribution is 2.19. The van der Waals surface area contributed by atoms with E-state index in [1.54, 1.807) is 6.07 Å². The zero-order valence-electron chi connectivity index (χ0n) is 11.7. The number of nitrogen functional groups attached to an aromatic ring is 1. The van der Waals surface area contributed by atoms with Crippen LogP contribution in [0.5, 0.6) is 0 Å². The molecule has 106 valence electrons.